The fourth-order valence-corrected chi connectivity index (χ4v) is 2.90. The molecule has 20 heavy (non-hydrogen) atoms. The molecule has 0 fully saturated rings. The lowest BCUT2D eigenvalue weighted by atomic mass is 9.88. The fraction of sp³-hybridized carbons (Fsp3) is 0.562. The van der Waals surface area contributed by atoms with E-state index >= 15 is 0 Å². The fourth-order valence-electron chi connectivity index (χ4n) is 2.90. The van der Waals surface area contributed by atoms with Crippen LogP contribution in [-0.4, -0.2) is 49.1 Å². The maximum absolute atomic E-state index is 10.2. The summed E-state index contributed by atoms with van der Waals surface area (Å²) in [5, 5.41) is 10.2. The first-order chi connectivity index (χ1) is 9.50. The summed E-state index contributed by atoms with van der Waals surface area (Å²) in [5.41, 5.74) is 3.70. The van der Waals surface area contributed by atoms with E-state index in [0.717, 1.165) is 24.4 Å². The van der Waals surface area contributed by atoms with Gasteiger partial charge < -0.3 is 14.9 Å². The Labute approximate surface area is 121 Å². The highest BCUT2D eigenvalue weighted by Crippen LogP contribution is 2.31. The minimum Gasteiger partial charge on any atom is -0.508 e. The third-order valence-corrected chi connectivity index (χ3v) is 3.80. The van der Waals surface area contributed by atoms with Crippen LogP contribution in [0.5, 0.6) is 5.75 Å². The Morgan fingerprint density at radius 2 is 1.75 bits per heavy atom. The Balaban J connectivity index is 2.31. The molecule has 4 heteroatoms. The van der Waals surface area contributed by atoms with Crippen molar-refractivity contribution in [3.05, 3.63) is 28.8 Å². The van der Waals surface area contributed by atoms with E-state index < -0.39 is 0 Å². The van der Waals surface area contributed by atoms with Gasteiger partial charge in [0, 0.05) is 33.8 Å². The number of phenolic OH excluding ortho intramolecular Hbond substituents is 1. The summed E-state index contributed by atoms with van der Waals surface area (Å²) in [6.45, 7) is 0.542. The Morgan fingerprint density at radius 3 is 2.40 bits per heavy atom. The number of guanidine groups is 1. The zero-order chi connectivity index (χ0) is 14.7. The number of benzene rings is 1. The molecule has 2 rings (SSSR count). The zero-order valence-electron chi connectivity index (χ0n) is 13.0. The third-order valence-electron chi connectivity index (χ3n) is 3.80. The highest BCUT2D eigenvalue weighted by molar-refractivity contribution is 5.79. The van der Waals surface area contributed by atoms with Gasteiger partial charge in [0.25, 0.3) is 0 Å². The summed E-state index contributed by atoms with van der Waals surface area (Å²) in [7, 11) is 7.94. The van der Waals surface area contributed by atoms with E-state index in [2.05, 4.69) is 11.1 Å². The molecule has 1 aromatic carbocycles. The molecule has 0 saturated carbocycles. The molecular weight excluding hydrogens is 250 g/mol. The van der Waals surface area contributed by atoms with Gasteiger partial charge in [0.15, 0.2) is 5.96 Å². The number of aromatic hydroxyl groups is 1. The van der Waals surface area contributed by atoms with Gasteiger partial charge in [-0.2, -0.15) is 0 Å². The van der Waals surface area contributed by atoms with Gasteiger partial charge in [-0.25, -0.2) is 4.99 Å². The standard InChI is InChI=1S/C16H25N3O/c1-18(2)16(19(3)4)17-11-14-13-8-6-5-7-12(13)9-10-15(14)20/h9-10,20H,5-8,11H2,1-4H3. The lowest BCUT2D eigenvalue weighted by molar-refractivity contribution is 0.461. The van der Waals surface area contributed by atoms with Crippen molar-refractivity contribution in [1.29, 1.82) is 0 Å². The molecule has 0 saturated heterocycles. The third kappa shape index (κ3) is 3.06. The van der Waals surface area contributed by atoms with Crippen LogP contribution < -0.4 is 0 Å². The van der Waals surface area contributed by atoms with Gasteiger partial charge in [0.2, 0.25) is 0 Å². The number of rotatable bonds is 2. The quantitative estimate of drug-likeness (QED) is 0.664. The molecule has 0 bridgehead atoms. The Hall–Kier alpha value is -1.71. The average Bonchev–Trinajstić information content (AvgIpc) is 2.40. The van der Waals surface area contributed by atoms with Crippen molar-refractivity contribution in [2.45, 2.75) is 32.2 Å². The number of aliphatic imine (C=N–C) groups is 1. The van der Waals surface area contributed by atoms with Gasteiger partial charge in [-0.15, -0.1) is 0 Å². The van der Waals surface area contributed by atoms with Gasteiger partial charge in [0.05, 0.1) is 6.54 Å². The molecule has 0 heterocycles. The highest BCUT2D eigenvalue weighted by atomic mass is 16.3. The molecule has 1 aromatic rings. The number of phenols is 1. The lowest BCUT2D eigenvalue weighted by Gasteiger charge is -2.24. The Bertz CT molecular complexity index is 497. The molecule has 110 valence electrons. The maximum Gasteiger partial charge on any atom is 0.195 e. The monoisotopic (exact) mass is 275 g/mol. The molecule has 0 unspecified atom stereocenters. The van der Waals surface area contributed by atoms with Gasteiger partial charge in [0.1, 0.15) is 5.75 Å². The van der Waals surface area contributed by atoms with E-state index in [4.69, 9.17) is 0 Å². The summed E-state index contributed by atoms with van der Waals surface area (Å²) >= 11 is 0. The molecule has 4 nitrogen and oxygen atoms in total. The van der Waals surface area contributed by atoms with Gasteiger partial charge in [-0.1, -0.05) is 6.07 Å². The van der Waals surface area contributed by atoms with Crippen LogP contribution in [0, 0.1) is 0 Å². The minimum atomic E-state index is 0.381. The lowest BCUT2D eigenvalue weighted by Crippen LogP contribution is -2.35. The smallest absolute Gasteiger partial charge is 0.195 e. The summed E-state index contributed by atoms with van der Waals surface area (Å²) in [4.78, 5) is 8.66. The van der Waals surface area contributed by atoms with Crippen LogP contribution >= 0.6 is 0 Å². The van der Waals surface area contributed by atoms with E-state index in [1.807, 2.05) is 44.1 Å². The maximum atomic E-state index is 10.2. The van der Waals surface area contributed by atoms with Crippen LogP contribution in [0.2, 0.25) is 0 Å². The number of nitrogens with zero attached hydrogens (tertiary/aromatic N) is 3. The second-order valence-electron chi connectivity index (χ2n) is 5.81. The molecule has 0 radical (unpaired) electrons. The molecule has 0 amide bonds. The van der Waals surface area contributed by atoms with Gasteiger partial charge >= 0.3 is 0 Å². The van der Waals surface area contributed by atoms with Crippen LogP contribution in [0.15, 0.2) is 17.1 Å². The van der Waals surface area contributed by atoms with Crippen molar-refractivity contribution in [3.8, 4) is 5.75 Å². The van der Waals surface area contributed by atoms with Crippen molar-refractivity contribution >= 4 is 5.96 Å². The molecule has 1 aliphatic carbocycles. The van der Waals surface area contributed by atoms with Crippen molar-refractivity contribution in [1.82, 2.24) is 9.80 Å². The van der Waals surface area contributed by atoms with Crippen LogP contribution in [0.1, 0.15) is 29.5 Å². The number of hydrogen-bond acceptors (Lipinski definition) is 2. The van der Waals surface area contributed by atoms with E-state index in [1.165, 1.54) is 24.0 Å². The first kappa shape index (κ1) is 14.7. The molecule has 0 aromatic heterocycles. The van der Waals surface area contributed by atoms with Crippen LogP contribution in [0.3, 0.4) is 0 Å². The van der Waals surface area contributed by atoms with Crippen LogP contribution in [0.4, 0.5) is 0 Å². The summed E-state index contributed by atoms with van der Waals surface area (Å²) in [6, 6.07) is 3.88. The number of aryl methyl sites for hydroxylation is 1. The highest BCUT2D eigenvalue weighted by Gasteiger charge is 2.16. The van der Waals surface area contributed by atoms with Gasteiger partial charge in [-0.05, 0) is 42.9 Å². The van der Waals surface area contributed by atoms with Crippen molar-refractivity contribution in [2.75, 3.05) is 28.2 Å². The molecule has 0 spiro atoms. The molecular formula is C16H25N3O. The summed E-state index contributed by atoms with van der Waals surface area (Å²) in [6.07, 6.45) is 4.65. The molecule has 0 aliphatic heterocycles. The number of hydrogen-bond donors (Lipinski definition) is 1. The normalized spacial score (nSPS) is 13.6. The van der Waals surface area contributed by atoms with E-state index in [9.17, 15) is 5.11 Å². The molecule has 1 aliphatic rings. The first-order valence-electron chi connectivity index (χ1n) is 7.22. The van der Waals surface area contributed by atoms with Gasteiger partial charge in [-0.3, -0.25) is 0 Å². The Kier molecular flexibility index (Phi) is 4.53. The van der Waals surface area contributed by atoms with E-state index in [1.54, 1.807) is 0 Å². The molecule has 1 N–H and O–H groups in total. The van der Waals surface area contributed by atoms with Crippen molar-refractivity contribution < 1.29 is 5.11 Å². The zero-order valence-corrected chi connectivity index (χ0v) is 13.0. The topological polar surface area (TPSA) is 39.1 Å². The van der Waals surface area contributed by atoms with E-state index in [-0.39, 0.29) is 0 Å². The Morgan fingerprint density at radius 1 is 1.10 bits per heavy atom. The molecule has 0 atom stereocenters. The predicted octanol–water partition coefficient (Wildman–Crippen LogP) is 2.25. The second kappa shape index (κ2) is 6.16. The number of fused-ring (bicyclic) bond motifs is 1. The van der Waals surface area contributed by atoms with Crippen molar-refractivity contribution in [2.24, 2.45) is 4.99 Å². The van der Waals surface area contributed by atoms with E-state index in [0.29, 0.717) is 12.3 Å². The first-order valence-corrected chi connectivity index (χ1v) is 7.22. The average molecular weight is 275 g/mol. The second-order valence-corrected chi connectivity index (χ2v) is 5.81. The SMILES string of the molecule is CN(C)C(=NCc1c(O)ccc2c1CCCC2)N(C)C. The predicted molar refractivity (Wildman–Crippen MR) is 83.3 cm³/mol. The summed E-state index contributed by atoms with van der Waals surface area (Å²) < 4.78 is 0. The largest absolute Gasteiger partial charge is 0.508 e. The van der Waals surface area contributed by atoms with Crippen LogP contribution in [-0.2, 0) is 19.4 Å². The van der Waals surface area contributed by atoms with Crippen molar-refractivity contribution in [3.63, 3.8) is 0 Å². The van der Waals surface area contributed by atoms with Crippen LogP contribution in [0.25, 0.3) is 0 Å². The minimum absolute atomic E-state index is 0.381. The summed E-state index contributed by atoms with van der Waals surface area (Å²) in [5.74, 6) is 1.30.